The Kier molecular flexibility index (Phi) is 6.98. The summed E-state index contributed by atoms with van der Waals surface area (Å²) >= 11 is 0. The van der Waals surface area contributed by atoms with E-state index in [4.69, 9.17) is 4.98 Å². The Morgan fingerprint density at radius 3 is 2.18 bits per heavy atom. The number of aryl methyl sites for hydroxylation is 1. The fourth-order valence-corrected chi connectivity index (χ4v) is 4.00. The molecule has 0 fully saturated rings. The average molecular weight is 606 g/mol. The van der Waals surface area contributed by atoms with Gasteiger partial charge in [-0.05, 0) is 37.2 Å². The molecule has 3 aromatic carbocycles. The summed E-state index contributed by atoms with van der Waals surface area (Å²) in [5, 5.41) is 0. The Balaban J connectivity index is 0.000000164. The van der Waals surface area contributed by atoms with E-state index < -0.39 is 0 Å². The molecule has 0 spiro atoms. The molecule has 0 aliphatic carbocycles. The van der Waals surface area contributed by atoms with E-state index in [1.54, 1.807) is 0 Å². The molecule has 1 aliphatic heterocycles. The van der Waals surface area contributed by atoms with Crippen molar-refractivity contribution >= 4 is 16.6 Å². The summed E-state index contributed by atoms with van der Waals surface area (Å²) in [6.07, 6.45) is 2.26. The predicted octanol–water partition coefficient (Wildman–Crippen LogP) is 6.78. The summed E-state index contributed by atoms with van der Waals surface area (Å²) in [4.78, 5) is 9.20. The average Bonchev–Trinajstić information content (AvgIpc) is 3.23. The molecule has 0 unspecified atom stereocenters. The van der Waals surface area contributed by atoms with Gasteiger partial charge < -0.3 is 9.55 Å². The predicted molar refractivity (Wildman–Crippen MR) is 131 cm³/mol. The molecule has 0 bridgehead atoms. The molecule has 0 saturated heterocycles. The molecule has 2 aromatic heterocycles. The van der Waals surface area contributed by atoms with Crippen LogP contribution in [0, 0.1) is 19.1 Å². The normalized spacial score (nSPS) is 11.8. The van der Waals surface area contributed by atoms with Crippen LogP contribution in [-0.2, 0) is 26.7 Å². The van der Waals surface area contributed by atoms with Gasteiger partial charge in [-0.3, -0.25) is 4.98 Å². The third-order valence-corrected chi connectivity index (χ3v) is 5.59. The monoisotopic (exact) mass is 606 g/mol. The molecule has 0 N–H and O–H groups in total. The minimum Gasteiger partial charge on any atom is -0.360 e. The van der Waals surface area contributed by atoms with E-state index in [1.807, 2.05) is 67.6 Å². The number of rotatable bonds is 2. The number of para-hydroxylation sites is 1. The molecule has 4 heteroatoms. The van der Waals surface area contributed by atoms with Gasteiger partial charge in [-0.25, -0.2) is 0 Å². The van der Waals surface area contributed by atoms with E-state index in [0.29, 0.717) is 0 Å². The molecule has 0 amide bonds. The zero-order valence-corrected chi connectivity index (χ0v) is 20.9. The van der Waals surface area contributed by atoms with Crippen molar-refractivity contribution in [2.45, 2.75) is 20.4 Å². The molecule has 1 aliphatic rings. The zero-order valence-electron chi connectivity index (χ0n) is 18.5. The number of hydrogen-bond donors (Lipinski definition) is 0. The number of imidazole rings is 1. The number of aromatic nitrogens is 3. The quantitative estimate of drug-likeness (QED) is 0.208. The molecule has 165 valence electrons. The van der Waals surface area contributed by atoms with E-state index in [-0.39, 0.29) is 20.1 Å². The molecule has 6 rings (SSSR count). The Morgan fingerprint density at radius 2 is 1.48 bits per heavy atom. The van der Waals surface area contributed by atoms with Crippen LogP contribution in [0.25, 0.3) is 39.3 Å². The second-order valence-corrected chi connectivity index (χ2v) is 7.82. The summed E-state index contributed by atoms with van der Waals surface area (Å²) < 4.78 is 2.28. The van der Waals surface area contributed by atoms with Crippen molar-refractivity contribution in [3.8, 4) is 22.6 Å². The minimum atomic E-state index is 0. The van der Waals surface area contributed by atoms with Crippen LogP contribution in [0.4, 0.5) is 0 Å². The number of nitrogens with zero attached hydrogens (tertiary/aromatic N) is 3. The third kappa shape index (κ3) is 4.73. The van der Waals surface area contributed by atoms with Crippen LogP contribution in [0.1, 0.15) is 18.2 Å². The second kappa shape index (κ2) is 10.1. The Hall–Kier alpha value is -3.33. The van der Waals surface area contributed by atoms with E-state index in [2.05, 4.69) is 58.9 Å². The largest absolute Gasteiger partial charge is 0.360 e. The third-order valence-electron chi connectivity index (χ3n) is 5.59. The van der Waals surface area contributed by atoms with Gasteiger partial charge in [-0.1, -0.05) is 30.3 Å². The summed E-state index contributed by atoms with van der Waals surface area (Å²) in [6, 6.07) is 34.6. The van der Waals surface area contributed by atoms with Crippen molar-refractivity contribution in [1.29, 1.82) is 0 Å². The SMILES string of the molecule is CC1=CCn2c(-c3[c-]cccc3)nc3cccc1c32.Cc1cccc(-c2[c-]cccc2)n1.[Ir]. The molecule has 33 heavy (non-hydrogen) atoms. The maximum Gasteiger partial charge on any atom is 0.0777 e. The van der Waals surface area contributed by atoms with Gasteiger partial charge in [0.25, 0.3) is 0 Å². The Morgan fingerprint density at radius 1 is 0.758 bits per heavy atom. The zero-order chi connectivity index (χ0) is 21.9. The van der Waals surface area contributed by atoms with E-state index in [0.717, 1.165) is 40.4 Å². The van der Waals surface area contributed by atoms with Crippen molar-refractivity contribution in [2.75, 3.05) is 0 Å². The van der Waals surface area contributed by atoms with Crippen LogP contribution in [0.15, 0.2) is 91.0 Å². The van der Waals surface area contributed by atoms with Crippen LogP contribution < -0.4 is 0 Å². The van der Waals surface area contributed by atoms with Gasteiger partial charge in [0.1, 0.15) is 0 Å². The molecule has 1 radical (unpaired) electrons. The van der Waals surface area contributed by atoms with Crippen molar-refractivity contribution < 1.29 is 20.1 Å². The van der Waals surface area contributed by atoms with Crippen LogP contribution >= 0.6 is 0 Å². The van der Waals surface area contributed by atoms with E-state index >= 15 is 0 Å². The minimum absolute atomic E-state index is 0. The van der Waals surface area contributed by atoms with Gasteiger partial charge in [-0.2, -0.15) is 0 Å². The first-order chi connectivity index (χ1) is 15.7. The van der Waals surface area contributed by atoms with Crippen LogP contribution in [0.2, 0.25) is 0 Å². The van der Waals surface area contributed by atoms with Crippen molar-refractivity contribution in [3.05, 3.63) is 114 Å². The molecular formula is C29H23IrN3-2. The number of pyridine rings is 1. The molecular weight excluding hydrogens is 583 g/mol. The van der Waals surface area contributed by atoms with Crippen LogP contribution in [-0.4, -0.2) is 14.5 Å². The van der Waals surface area contributed by atoms with Gasteiger partial charge in [-0.15, -0.1) is 71.8 Å². The second-order valence-electron chi connectivity index (χ2n) is 7.82. The summed E-state index contributed by atoms with van der Waals surface area (Å²) in [5.74, 6) is 1.01. The van der Waals surface area contributed by atoms with Crippen molar-refractivity contribution in [3.63, 3.8) is 0 Å². The van der Waals surface area contributed by atoms with Crippen molar-refractivity contribution in [1.82, 2.24) is 14.5 Å². The first-order valence-corrected chi connectivity index (χ1v) is 10.7. The maximum atomic E-state index is 4.79. The smallest absolute Gasteiger partial charge is 0.0777 e. The molecule has 0 atom stereocenters. The van der Waals surface area contributed by atoms with Gasteiger partial charge in [0, 0.05) is 37.9 Å². The Labute approximate surface area is 208 Å². The molecule has 0 saturated carbocycles. The number of benzene rings is 3. The van der Waals surface area contributed by atoms with Gasteiger partial charge >= 0.3 is 0 Å². The number of allylic oxidation sites excluding steroid dienone is 2. The summed E-state index contributed by atoms with van der Waals surface area (Å²) in [7, 11) is 0. The molecule has 3 nitrogen and oxygen atoms in total. The topological polar surface area (TPSA) is 30.7 Å². The fraction of sp³-hybridized carbons (Fsp3) is 0.103. The van der Waals surface area contributed by atoms with Crippen LogP contribution in [0.5, 0.6) is 0 Å². The standard InChI is InChI=1S/C17H13N2.C12H10N.Ir/c1-12-10-11-19-16-14(12)8-5-9-15(16)18-17(19)13-6-3-2-4-7-13;1-10-6-5-9-12(13-10)11-7-3-2-4-8-11;/h2-6,8-10H,11H2,1H3;2-7,9H,1H3;/q2*-1;. The first kappa shape index (κ1) is 22.8. The van der Waals surface area contributed by atoms with Crippen LogP contribution in [0.3, 0.4) is 0 Å². The molecule has 5 aromatic rings. The first-order valence-electron chi connectivity index (χ1n) is 10.7. The number of hydrogen-bond acceptors (Lipinski definition) is 2. The fourth-order valence-electron chi connectivity index (χ4n) is 4.00. The van der Waals surface area contributed by atoms with E-state index in [1.165, 1.54) is 16.7 Å². The van der Waals surface area contributed by atoms with Gasteiger partial charge in [0.05, 0.1) is 16.9 Å². The maximum absolute atomic E-state index is 4.79. The van der Waals surface area contributed by atoms with E-state index in [9.17, 15) is 0 Å². The van der Waals surface area contributed by atoms with Crippen molar-refractivity contribution in [2.24, 2.45) is 0 Å². The summed E-state index contributed by atoms with van der Waals surface area (Å²) in [6.45, 7) is 5.05. The summed E-state index contributed by atoms with van der Waals surface area (Å²) in [5.41, 5.74) is 9.06. The Bertz CT molecular complexity index is 1400. The van der Waals surface area contributed by atoms with Gasteiger partial charge in [0.2, 0.25) is 0 Å². The van der Waals surface area contributed by atoms with Gasteiger partial charge in [0.15, 0.2) is 0 Å². The molecule has 3 heterocycles.